The van der Waals surface area contributed by atoms with Crippen molar-refractivity contribution in [1.82, 2.24) is 5.32 Å². The molecule has 1 N–H and O–H groups in total. The van der Waals surface area contributed by atoms with Gasteiger partial charge in [-0.25, -0.2) is 4.39 Å². The van der Waals surface area contributed by atoms with Gasteiger partial charge in [0.1, 0.15) is 5.82 Å². The second-order valence-electron chi connectivity index (χ2n) is 4.33. The van der Waals surface area contributed by atoms with Crippen molar-refractivity contribution in [2.24, 2.45) is 0 Å². The quantitative estimate of drug-likeness (QED) is 0.894. The molecule has 0 aliphatic carbocycles. The van der Waals surface area contributed by atoms with E-state index >= 15 is 0 Å². The maximum absolute atomic E-state index is 13.2. The first-order valence-corrected chi connectivity index (χ1v) is 7.45. The Morgan fingerprint density at radius 1 is 1.41 bits per heavy atom. The van der Waals surface area contributed by atoms with Gasteiger partial charge in [-0.3, -0.25) is 0 Å². The zero-order valence-corrected chi connectivity index (χ0v) is 11.3. The average Bonchev–Trinajstić information content (AvgIpc) is 2.36. The van der Waals surface area contributed by atoms with Crippen molar-refractivity contribution in [3.8, 4) is 0 Å². The number of hydrogen-bond acceptors (Lipinski definition) is 2. The van der Waals surface area contributed by atoms with E-state index in [9.17, 15) is 4.39 Å². The van der Waals surface area contributed by atoms with Gasteiger partial charge in [0.2, 0.25) is 0 Å². The maximum Gasteiger partial charge on any atom is 0.142 e. The first-order chi connectivity index (χ1) is 8.27. The minimum atomic E-state index is -0.335. The van der Waals surface area contributed by atoms with Gasteiger partial charge in [-0.05, 0) is 30.2 Å². The van der Waals surface area contributed by atoms with E-state index < -0.39 is 0 Å². The van der Waals surface area contributed by atoms with Crippen molar-refractivity contribution in [3.63, 3.8) is 0 Å². The molecule has 1 heterocycles. The van der Waals surface area contributed by atoms with Gasteiger partial charge in [0, 0.05) is 18.3 Å². The Balaban J connectivity index is 1.79. The number of hydrogen-bond donors (Lipinski definition) is 1. The van der Waals surface area contributed by atoms with Crippen LogP contribution >= 0.6 is 23.4 Å². The van der Waals surface area contributed by atoms with E-state index in [-0.39, 0.29) is 10.8 Å². The third-order valence-corrected chi connectivity index (χ3v) is 4.81. The molecule has 1 aliphatic heterocycles. The van der Waals surface area contributed by atoms with Crippen molar-refractivity contribution in [2.75, 3.05) is 12.3 Å². The lowest BCUT2D eigenvalue weighted by molar-refractivity contribution is 0.592. The molecule has 17 heavy (non-hydrogen) atoms. The fraction of sp³-hybridized carbons (Fsp3) is 0.538. The van der Waals surface area contributed by atoms with Crippen LogP contribution in [0, 0.1) is 5.82 Å². The number of nitrogens with one attached hydrogen (secondary N) is 1. The summed E-state index contributed by atoms with van der Waals surface area (Å²) in [6.07, 6.45) is 3.96. The summed E-state index contributed by atoms with van der Waals surface area (Å²) >= 11 is 7.93. The molecule has 1 saturated heterocycles. The molecule has 0 saturated carbocycles. The molecule has 1 nitrogen and oxygen atoms in total. The highest BCUT2D eigenvalue weighted by atomic mass is 35.5. The van der Waals surface area contributed by atoms with Crippen LogP contribution in [0.1, 0.15) is 24.8 Å². The van der Waals surface area contributed by atoms with Crippen LogP contribution in [0.15, 0.2) is 18.2 Å². The van der Waals surface area contributed by atoms with Crippen molar-refractivity contribution in [1.29, 1.82) is 0 Å². The monoisotopic (exact) mass is 273 g/mol. The molecule has 0 aromatic heterocycles. The van der Waals surface area contributed by atoms with Gasteiger partial charge in [0.05, 0.1) is 5.02 Å². The van der Waals surface area contributed by atoms with Crippen LogP contribution in [0.3, 0.4) is 0 Å². The summed E-state index contributed by atoms with van der Waals surface area (Å²) in [5, 5.41) is 4.32. The third kappa shape index (κ3) is 3.87. The second kappa shape index (κ2) is 6.62. The number of halogens is 2. The molecule has 1 aliphatic rings. The Morgan fingerprint density at radius 3 is 3.06 bits per heavy atom. The summed E-state index contributed by atoms with van der Waals surface area (Å²) in [5.74, 6) is 0.936. The molecule has 1 unspecified atom stereocenters. The molecule has 0 bridgehead atoms. The Kier molecular flexibility index (Phi) is 5.14. The zero-order chi connectivity index (χ0) is 12.1. The SMILES string of the molecule is Fc1cccc(CNCC2CCCCS2)c1Cl. The van der Waals surface area contributed by atoms with Crippen molar-refractivity contribution < 1.29 is 4.39 Å². The molecule has 1 aromatic rings. The third-order valence-electron chi connectivity index (χ3n) is 2.99. The van der Waals surface area contributed by atoms with Crippen LogP contribution < -0.4 is 5.32 Å². The van der Waals surface area contributed by atoms with E-state index in [1.165, 1.54) is 31.1 Å². The highest BCUT2D eigenvalue weighted by Crippen LogP contribution is 2.24. The Bertz CT molecular complexity index is 366. The highest BCUT2D eigenvalue weighted by molar-refractivity contribution is 7.99. The summed E-state index contributed by atoms with van der Waals surface area (Å²) < 4.78 is 13.2. The molecule has 1 aromatic carbocycles. The van der Waals surface area contributed by atoms with Gasteiger partial charge in [0.25, 0.3) is 0 Å². The molecule has 0 spiro atoms. The van der Waals surface area contributed by atoms with Crippen molar-refractivity contribution >= 4 is 23.4 Å². The topological polar surface area (TPSA) is 12.0 Å². The molecule has 1 fully saturated rings. The minimum absolute atomic E-state index is 0.247. The van der Waals surface area contributed by atoms with E-state index in [1.807, 2.05) is 17.8 Å². The number of rotatable bonds is 4. The van der Waals surface area contributed by atoms with E-state index in [0.717, 1.165) is 12.1 Å². The van der Waals surface area contributed by atoms with Crippen LogP contribution in [-0.2, 0) is 6.54 Å². The number of thioether (sulfide) groups is 1. The van der Waals surface area contributed by atoms with Gasteiger partial charge in [-0.1, -0.05) is 30.2 Å². The Hall–Kier alpha value is -0.250. The van der Waals surface area contributed by atoms with E-state index in [2.05, 4.69) is 5.32 Å². The summed E-state index contributed by atoms with van der Waals surface area (Å²) in [4.78, 5) is 0. The summed E-state index contributed by atoms with van der Waals surface area (Å²) in [6.45, 7) is 1.63. The lowest BCUT2D eigenvalue weighted by Crippen LogP contribution is -2.26. The standard InChI is InChI=1S/C13H17ClFNS/c14-13-10(4-3-6-12(13)15)8-16-9-11-5-1-2-7-17-11/h3-4,6,11,16H,1-2,5,7-9H2. The molecule has 0 amide bonds. The Labute approximate surface area is 111 Å². The fourth-order valence-electron chi connectivity index (χ4n) is 2.02. The predicted octanol–water partition coefficient (Wildman–Crippen LogP) is 3.85. The van der Waals surface area contributed by atoms with Crippen LogP contribution in [0.2, 0.25) is 5.02 Å². The van der Waals surface area contributed by atoms with Gasteiger partial charge < -0.3 is 5.32 Å². The normalized spacial score (nSPS) is 20.5. The summed E-state index contributed by atoms with van der Waals surface area (Å²) in [7, 11) is 0. The Morgan fingerprint density at radius 2 is 2.29 bits per heavy atom. The molecular formula is C13H17ClFNS. The smallest absolute Gasteiger partial charge is 0.142 e. The van der Waals surface area contributed by atoms with Gasteiger partial charge in [-0.15, -0.1) is 0 Å². The maximum atomic E-state index is 13.2. The van der Waals surface area contributed by atoms with Crippen molar-refractivity contribution in [2.45, 2.75) is 31.1 Å². The zero-order valence-electron chi connectivity index (χ0n) is 9.72. The predicted molar refractivity (Wildman–Crippen MR) is 73.2 cm³/mol. The van der Waals surface area contributed by atoms with E-state index in [0.29, 0.717) is 11.8 Å². The van der Waals surface area contributed by atoms with Gasteiger partial charge in [0.15, 0.2) is 0 Å². The second-order valence-corrected chi connectivity index (χ2v) is 6.12. The van der Waals surface area contributed by atoms with Gasteiger partial charge >= 0.3 is 0 Å². The summed E-state index contributed by atoms with van der Waals surface area (Å²) in [5.41, 5.74) is 0.840. The van der Waals surface area contributed by atoms with Crippen LogP contribution in [0.5, 0.6) is 0 Å². The van der Waals surface area contributed by atoms with E-state index in [1.54, 1.807) is 6.07 Å². The summed E-state index contributed by atoms with van der Waals surface area (Å²) in [6, 6.07) is 4.96. The lowest BCUT2D eigenvalue weighted by atomic mass is 10.2. The van der Waals surface area contributed by atoms with Crippen molar-refractivity contribution in [3.05, 3.63) is 34.6 Å². The van der Waals surface area contributed by atoms with Gasteiger partial charge in [-0.2, -0.15) is 11.8 Å². The molecular weight excluding hydrogens is 257 g/mol. The molecule has 94 valence electrons. The first kappa shape index (κ1) is 13.2. The minimum Gasteiger partial charge on any atom is -0.312 e. The molecule has 2 rings (SSSR count). The van der Waals surface area contributed by atoms with Crippen LogP contribution in [0.4, 0.5) is 4.39 Å². The highest BCUT2D eigenvalue weighted by Gasteiger charge is 2.13. The number of benzene rings is 1. The lowest BCUT2D eigenvalue weighted by Gasteiger charge is -2.21. The molecule has 4 heteroatoms. The largest absolute Gasteiger partial charge is 0.312 e. The van der Waals surface area contributed by atoms with Crippen LogP contribution in [0.25, 0.3) is 0 Å². The fourth-order valence-corrected chi connectivity index (χ4v) is 3.49. The molecule has 0 radical (unpaired) electrons. The van der Waals surface area contributed by atoms with Crippen LogP contribution in [-0.4, -0.2) is 17.5 Å². The first-order valence-electron chi connectivity index (χ1n) is 6.02. The molecule has 1 atom stereocenters. The average molecular weight is 274 g/mol. The van der Waals surface area contributed by atoms with E-state index in [4.69, 9.17) is 11.6 Å².